The highest BCUT2D eigenvalue weighted by Crippen LogP contribution is 2.35. The Labute approximate surface area is 227 Å². The standard InChI is InChI=1S/C27H29Cl2N3O4S/c1-36-14-13-30-27(33)22-3-2-4-25(15-22)31-37(34,35)18-19-16-32(17-19)26(20-5-9-23(28)10-6-20)21-7-11-24(29)12-8-21/h2-12,15,19,26,31H,13-14,16-18H2,1H3,(H,30,33). The Morgan fingerprint density at radius 1 is 1.00 bits per heavy atom. The number of nitrogens with one attached hydrogen (secondary N) is 2. The first kappa shape index (κ1) is 27.4. The Hall–Kier alpha value is -2.62. The van der Waals surface area contributed by atoms with E-state index in [1.165, 1.54) is 6.07 Å². The highest BCUT2D eigenvalue weighted by molar-refractivity contribution is 7.92. The second-order valence-corrected chi connectivity index (χ2v) is 11.7. The van der Waals surface area contributed by atoms with Crippen LogP contribution in [0.4, 0.5) is 5.69 Å². The highest BCUT2D eigenvalue weighted by atomic mass is 35.5. The molecule has 0 atom stereocenters. The van der Waals surface area contributed by atoms with E-state index in [0.717, 1.165) is 11.1 Å². The average molecular weight is 563 g/mol. The Bertz CT molecular complexity index is 1270. The zero-order valence-electron chi connectivity index (χ0n) is 20.4. The molecule has 0 unspecified atom stereocenters. The summed E-state index contributed by atoms with van der Waals surface area (Å²) in [4.78, 5) is 14.5. The minimum atomic E-state index is -3.61. The molecule has 1 aliphatic heterocycles. The maximum Gasteiger partial charge on any atom is 0.251 e. The molecular formula is C27H29Cl2N3O4S. The lowest BCUT2D eigenvalue weighted by molar-refractivity contribution is 0.0813. The quantitative estimate of drug-likeness (QED) is 0.327. The van der Waals surface area contributed by atoms with Crippen molar-refractivity contribution in [1.29, 1.82) is 0 Å². The first-order valence-electron chi connectivity index (χ1n) is 11.9. The number of hydrogen-bond donors (Lipinski definition) is 2. The van der Waals surface area contributed by atoms with Crippen molar-refractivity contribution in [1.82, 2.24) is 10.2 Å². The third-order valence-electron chi connectivity index (χ3n) is 6.17. The summed E-state index contributed by atoms with van der Waals surface area (Å²) in [5.74, 6) is -0.329. The molecule has 0 aliphatic carbocycles. The number of likely N-dealkylation sites (tertiary alicyclic amines) is 1. The van der Waals surface area contributed by atoms with Gasteiger partial charge in [0.05, 0.1) is 18.4 Å². The Morgan fingerprint density at radius 3 is 2.16 bits per heavy atom. The molecule has 10 heteroatoms. The number of methoxy groups -OCH3 is 1. The van der Waals surface area contributed by atoms with Crippen molar-refractivity contribution in [2.45, 2.75) is 6.04 Å². The second kappa shape index (κ2) is 12.3. The molecule has 0 saturated carbocycles. The summed E-state index contributed by atoms with van der Waals surface area (Å²) in [6.45, 7) is 2.02. The topological polar surface area (TPSA) is 87.7 Å². The van der Waals surface area contributed by atoms with Crippen LogP contribution in [0.2, 0.25) is 10.0 Å². The van der Waals surface area contributed by atoms with E-state index >= 15 is 0 Å². The summed E-state index contributed by atoms with van der Waals surface area (Å²) in [5, 5.41) is 4.05. The van der Waals surface area contributed by atoms with Gasteiger partial charge in [0, 0.05) is 54.0 Å². The molecule has 3 aromatic carbocycles. The molecule has 1 fully saturated rings. The van der Waals surface area contributed by atoms with E-state index in [2.05, 4.69) is 14.9 Å². The predicted molar refractivity (Wildman–Crippen MR) is 148 cm³/mol. The van der Waals surface area contributed by atoms with Crippen molar-refractivity contribution in [2.24, 2.45) is 5.92 Å². The third-order valence-corrected chi connectivity index (χ3v) is 8.13. The maximum atomic E-state index is 12.9. The molecule has 1 amide bonds. The third kappa shape index (κ3) is 7.46. The molecule has 0 aromatic heterocycles. The molecule has 4 rings (SSSR count). The average Bonchev–Trinajstić information content (AvgIpc) is 2.84. The van der Waals surface area contributed by atoms with Crippen LogP contribution in [0.15, 0.2) is 72.8 Å². The van der Waals surface area contributed by atoms with E-state index < -0.39 is 10.0 Å². The van der Waals surface area contributed by atoms with Gasteiger partial charge in [0.1, 0.15) is 0 Å². The summed E-state index contributed by atoms with van der Waals surface area (Å²) in [7, 11) is -2.06. The summed E-state index contributed by atoms with van der Waals surface area (Å²) in [6.07, 6.45) is 0. The lowest BCUT2D eigenvalue weighted by atomic mass is 9.91. The van der Waals surface area contributed by atoms with Crippen molar-refractivity contribution in [3.05, 3.63) is 99.5 Å². The number of amides is 1. The van der Waals surface area contributed by atoms with Crippen LogP contribution in [0.5, 0.6) is 0 Å². The van der Waals surface area contributed by atoms with E-state index in [0.29, 0.717) is 47.5 Å². The second-order valence-electron chi connectivity index (χ2n) is 9.04. The minimum Gasteiger partial charge on any atom is -0.383 e. The number of sulfonamides is 1. The summed E-state index contributed by atoms with van der Waals surface area (Å²) in [6, 6.07) is 21.8. The number of carbonyl (C=O) groups excluding carboxylic acids is 1. The van der Waals surface area contributed by atoms with Gasteiger partial charge in [-0.25, -0.2) is 8.42 Å². The van der Waals surface area contributed by atoms with Crippen LogP contribution in [0.1, 0.15) is 27.5 Å². The monoisotopic (exact) mass is 561 g/mol. The number of nitrogens with zero attached hydrogens (tertiary/aromatic N) is 1. The van der Waals surface area contributed by atoms with Crippen LogP contribution < -0.4 is 10.0 Å². The van der Waals surface area contributed by atoms with E-state index in [9.17, 15) is 13.2 Å². The fraction of sp³-hybridized carbons (Fsp3) is 0.296. The van der Waals surface area contributed by atoms with E-state index in [1.54, 1.807) is 25.3 Å². The van der Waals surface area contributed by atoms with Crippen LogP contribution >= 0.6 is 23.2 Å². The van der Waals surface area contributed by atoms with Gasteiger partial charge in [-0.05, 0) is 53.6 Å². The molecule has 1 aliphatic rings. The first-order valence-corrected chi connectivity index (χ1v) is 14.3. The van der Waals surface area contributed by atoms with Gasteiger partial charge in [-0.2, -0.15) is 0 Å². The van der Waals surface area contributed by atoms with Gasteiger partial charge in [0.15, 0.2) is 0 Å². The van der Waals surface area contributed by atoms with Crippen molar-refractivity contribution in [3.8, 4) is 0 Å². The zero-order valence-corrected chi connectivity index (χ0v) is 22.7. The minimum absolute atomic E-state index is 0.0122. The predicted octanol–water partition coefficient (Wildman–Crippen LogP) is 4.83. The van der Waals surface area contributed by atoms with Crippen molar-refractivity contribution in [3.63, 3.8) is 0 Å². The van der Waals surface area contributed by atoms with Crippen LogP contribution in [-0.4, -0.2) is 58.3 Å². The van der Waals surface area contributed by atoms with Crippen LogP contribution in [-0.2, 0) is 14.8 Å². The number of halogens is 2. The van der Waals surface area contributed by atoms with Crippen LogP contribution in [0.25, 0.3) is 0 Å². The zero-order chi connectivity index (χ0) is 26.4. The summed E-state index contributed by atoms with van der Waals surface area (Å²) < 4.78 is 33.4. The number of hydrogen-bond acceptors (Lipinski definition) is 5. The molecule has 0 spiro atoms. The van der Waals surface area contributed by atoms with Crippen molar-refractivity contribution in [2.75, 3.05) is 43.8 Å². The molecular weight excluding hydrogens is 533 g/mol. The van der Waals surface area contributed by atoms with Gasteiger partial charge >= 0.3 is 0 Å². The van der Waals surface area contributed by atoms with Crippen molar-refractivity contribution >= 4 is 44.8 Å². The molecule has 196 valence electrons. The number of benzene rings is 3. The maximum absolute atomic E-state index is 12.9. The van der Waals surface area contributed by atoms with E-state index in [4.69, 9.17) is 27.9 Å². The van der Waals surface area contributed by atoms with Gasteiger partial charge in [0.2, 0.25) is 10.0 Å². The number of anilines is 1. The molecule has 37 heavy (non-hydrogen) atoms. The number of ether oxygens (including phenoxy) is 1. The molecule has 3 aromatic rings. The molecule has 1 saturated heterocycles. The van der Waals surface area contributed by atoms with E-state index in [-0.39, 0.29) is 23.6 Å². The van der Waals surface area contributed by atoms with E-state index in [1.807, 2.05) is 48.5 Å². The summed E-state index contributed by atoms with van der Waals surface area (Å²) in [5.41, 5.74) is 2.88. The molecule has 1 heterocycles. The van der Waals surface area contributed by atoms with Crippen LogP contribution in [0, 0.1) is 5.92 Å². The lowest BCUT2D eigenvalue weighted by Gasteiger charge is -2.44. The number of carbonyl (C=O) groups is 1. The van der Waals surface area contributed by atoms with Gasteiger partial charge in [-0.3, -0.25) is 14.4 Å². The normalized spacial score (nSPS) is 14.4. The fourth-order valence-corrected chi connectivity index (χ4v) is 6.11. The molecule has 7 nitrogen and oxygen atoms in total. The Kier molecular flexibility index (Phi) is 9.10. The number of rotatable bonds is 11. The van der Waals surface area contributed by atoms with Gasteiger partial charge < -0.3 is 10.1 Å². The molecule has 0 bridgehead atoms. The summed E-state index contributed by atoms with van der Waals surface area (Å²) >= 11 is 12.2. The Morgan fingerprint density at radius 2 is 1.59 bits per heavy atom. The van der Waals surface area contributed by atoms with Crippen molar-refractivity contribution < 1.29 is 17.9 Å². The molecule has 2 N–H and O–H groups in total. The van der Waals surface area contributed by atoms with Gasteiger partial charge in [-0.1, -0.05) is 53.5 Å². The SMILES string of the molecule is COCCNC(=O)c1cccc(NS(=O)(=O)CC2CN(C(c3ccc(Cl)cc3)c3ccc(Cl)cc3)C2)c1. The Balaban J connectivity index is 1.39. The van der Waals surface area contributed by atoms with Crippen LogP contribution in [0.3, 0.4) is 0 Å². The first-order chi connectivity index (χ1) is 17.7. The van der Waals surface area contributed by atoms with Gasteiger partial charge in [-0.15, -0.1) is 0 Å². The highest BCUT2D eigenvalue weighted by Gasteiger charge is 2.36. The smallest absolute Gasteiger partial charge is 0.251 e. The lowest BCUT2D eigenvalue weighted by Crippen LogP contribution is -2.51. The fourth-order valence-electron chi connectivity index (χ4n) is 4.45. The largest absolute Gasteiger partial charge is 0.383 e. The molecule has 0 radical (unpaired) electrons. The van der Waals surface area contributed by atoms with Gasteiger partial charge in [0.25, 0.3) is 5.91 Å².